The number of hydrogen-bond donors (Lipinski definition) is 1. The molecule has 3 unspecified atom stereocenters. The van der Waals surface area contributed by atoms with Crippen molar-refractivity contribution in [1.29, 1.82) is 0 Å². The maximum absolute atomic E-state index is 14.1. The molecule has 3 aliphatic rings. The van der Waals surface area contributed by atoms with Crippen molar-refractivity contribution in [3.05, 3.63) is 71.8 Å². The van der Waals surface area contributed by atoms with Gasteiger partial charge in [-0.25, -0.2) is 13.6 Å². The number of quaternary nitrogens is 1. The zero-order valence-electron chi connectivity index (χ0n) is 20.4. The van der Waals surface area contributed by atoms with Crippen LogP contribution in [0.25, 0.3) is 0 Å². The first-order valence-corrected chi connectivity index (χ1v) is 13.0. The van der Waals surface area contributed by atoms with Crippen LogP contribution in [0.1, 0.15) is 49.7 Å². The number of rotatable bonds is 8. The Morgan fingerprint density at radius 1 is 1.09 bits per heavy atom. The topological polar surface area (TPSA) is 46.5 Å². The summed E-state index contributed by atoms with van der Waals surface area (Å²) in [6.07, 6.45) is 3.05. The number of ether oxygens (including phenoxy) is 1. The fourth-order valence-electron chi connectivity index (χ4n) is 7.01. The Balaban J connectivity index is 1.30. The smallest absolute Gasteiger partial charge is 0.343 e. The largest absolute Gasteiger partial charge is 0.453 e. The SMILES string of the molecule is C[N+]1(CCCc2ccccc2)CC2CC[C@@H]1C2OC(=O)[C@](O)(c1ccccc1)[C@@H]1CCC(F)(F)C1. The van der Waals surface area contributed by atoms with Gasteiger partial charge in [-0.2, -0.15) is 0 Å². The van der Waals surface area contributed by atoms with Crippen molar-refractivity contribution in [3.63, 3.8) is 0 Å². The van der Waals surface area contributed by atoms with E-state index in [-0.39, 0.29) is 30.9 Å². The molecule has 0 aromatic heterocycles. The molecule has 3 fully saturated rings. The Morgan fingerprint density at radius 2 is 1.77 bits per heavy atom. The molecule has 4 nitrogen and oxygen atoms in total. The average molecular weight is 485 g/mol. The molecule has 1 saturated heterocycles. The van der Waals surface area contributed by atoms with Crippen LogP contribution in [0.2, 0.25) is 0 Å². The van der Waals surface area contributed by atoms with E-state index in [0.717, 1.165) is 43.3 Å². The first-order chi connectivity index (χ1) is 16.7. The minimum Gasteiger partial charge on any atom is -0.453 e. The number of benzene rings is 2. The minimum absolute atomic E-state index is 0.0955. The van der Waals surface area contributed by atoms with Crippen molar-refractivity contribution < 1.29 is 27.9 Å². The predicted molar refractivity (Wildman–Crippen MR) is 130 cm³/mol. The summed E-state index contributed by atoms with van der Waals surface area (Å²) >= 11 is 0. The van der Waals surface area contributed by atoms with Crippen molar-refractivity contribution in [3.8, 4) is 0 Å². The van der Waals surface area contributed by atoms with E-state index in [1.807, 2.05) is 6.07 Å². The van der Waals surface area contributed by atoms with Gasteiger partial charge in [0.15, 0.2) is 11.7 Å². The van der Waals surface area contributed by atoms with Crippen LogP contribution in [0.4, 0.5) is 8.78 Å². The lowest BCUT2D eigenvalue weighted by Gasteiger charge is -2.39. The molecule has 6 heteroatoms. The predicted octanol–water partition coefficient (Wildman–Crippen LogP) is 5.09. The summed E-state index contributed by atoms with van der Waals surface area (Å²) in [6, 6.07) is 19.2. The highest BCUT2D eigenvalue weighted by molar-refractivity contribution is 5.82. The number of piperidine rings is 1. The van der Waals surface area contributed by atoms with Gasteiger partial charge >= 0.3 is 5.97 Å². The van der Waals surface area contributed by atoms with Crippen molar-refractivity contribution in [2.75, 3.05) is 20.1 Å². The second-order valence-electron chi connectivity index (χ2n) is 11.2. The Kier molecular flexibility index (Phi) is 6.47. The van der Waals surface area contributed by atoms with Gasteiger partial charge in [-0.15, -0.1) is 0 Å². The van der Waals surface area contributed by atoms with Crippen LogP contribution >= 0.6 is 0 Å². The molecule has 0 spiro atoms. The van der Waals surface area contributed by atoms with Gasteiger partial charge in [0.2, 0.25) is 5.92 Å². The van der Waals surface area contributed by atoms with Gasteiger partial charge in [0.25, 0.3) is 0 Å². The first kappa shape index (κ1) is 24.4. The first-order valence-electron chi connectivity index (χ1n) is 13.0. The third kappa shape index (κ3) is 4.63. The monoisotopic (exact) mass is 484 g/mol. The lowest BCUT2D eigenvalue weighted by atomic mass is 9.80. The second-order valence-corrected chi connectivity index (χ2v) is 11.2. The lowest BCUT2D eigenvalue weighted by Crippen LogP contribution is -2.53. The number of fused-ring (bicyclic) bond motifs is 2. The Morgan fingerprint density at radius 3 is 2.43 bits per heavy atom. The van der Waals surface area contributed by atoms with E-state index in [4.69, 9.17) is 4.74 Å². The highest BCUT2D eigenvalue weighted by Gasteiger charge is 2.60. The molecule has 2 saturated carbocycles. The van der Waals surface area contributed by atoms with E-state index >= 15 is 0 Å². The van der Waals surface area contributed by atoms with Gasteiger partial charge in [-0.3, -0.25) is 0 Å². The molecule has 0 amide bonds. The highest BCUT2D eigenvalue weighted by atomic mass is 19.3. The van der Waals surface area contributed by atoms with E-state index in [1.165, 1.54) is 5.56 Å². The summed E-state index contributed by atoms with van der Waals surface area (Å²) < 4.78 is 35.2. The number of alkyl halides is 2. The summed E-state index contributed by atoms with van der Waals surface area (Å²) in [5.74, 6) is -4.24. The molecule has 0 radical (unpaired) electrons. The van der Waals surface area contributed by atoms with Crippen molar-refractivity contribution >= 4 is 5.97 Å². The Labute approximate surface area is 206 Å². The molecule has 2 aliphatic carbocycles. The number of likely N-dealkylation sites (tertiary alicyclic amines) is 1. The van der Waals surface area contributed by atoms with Crippen molar-refractivity contribution in [2.45, 2.75) is 68.6 Å². The van der Waals surface area contributed by atoms with Crippen LogP contribution in [0, 0.1) is 11.8 Å². The van der Waals surface area contributed by atoms with Crippen LogP contribution in [0.5, 0.6) is 0 Å². The van der Waals surface area contributed by atoms with Gasteiger partial charge < -0.3 is 14.3 Å². The van der Waals surface area contributed by atoms with E-state index < -0.39 is 29.8 Å². The lowest BCUT2D eigenvalue weighted by molar-refractivity contribution is -0.927. The molecular formula is C29H36F2NO3+. The number of hydrogen-bond acceptors (Lipinski definition) is 3. The molecule has 1 N–H and O–H groups in total. The Hall–Kier alpha value is -2.31. The third-order valence-corrected chi connectivity index (χ3v) is 8.87. The van der Waals surface area contributed by atoms with Crippen LogP contribution in [0.3, 0.4) is 0 Å². The number of likely N-dealkylation sites (N-methyl/N-ethyl adjacent to an activating group) is 1. The van der Waals surface area contributed by atoms with Crippen LogP contribution in [0.15, 0.2) is 60.7 Å². The number of aliphatic hydroxyl groups is 1. The quantitative estimate of drug-likeness (QED) is 0.419. The second kappa shape index (κ2) is 9.29. The number of esters is 1. The van der Waals surface area contributed by atoms with Crippen LogP contribution in [-0.4, -0.2) is 53.8 Å². The Bertz CT molecular complexity index is 1030. The van der Waals surface area contributed by atoms with E-state index in [9.17, 15) is 18.7 Å². The zero-order chi connectivity index (χ0) is 24.7. The van der Waals surface area contributed by atoms with Crippen molar-refractivity contribution in [1.82, 2.24) is 0 Å². The molecule has 1 aliphatic heterocycles. The van der Waals surface area contributed by atoms with Gasteiger partial charge in [-0.05, 0) is 30.4 Å². The van der Waals surface area contributed by atoms with E-state index in [2.05, 4.69) is 31.3 Å². The summed E-state index contributed by atoms with van der Waals surface area (Å²) in [6.45, 7) is 1.95. The van der Waals surface area contributed by atoms with E-state index in [1.54, 1.807) is 30.3 Å². The number of carbonyl (C=O) groups is 1. The number of carbonyl (C=O) groups excluding carboxylic acids is 1. The molecule has 1 heterocycles. The van der Waals surface area contributed by atoms with Gasteiger partial charge in [0.1, 0.15) is 6.04 Å². The maximum Gasteiger partial charge on any atom is 0.343 e. The van der Waals surface area contributed by atoms with Gasteiger partial charge in [0.05, 0.1) is 26.1 Å². The third-order valence-electron chi connectivity index (χ3n) is 8.87. The van der Waals surface area contributed by atoms with Crippen molar-refractivity contribution in [2.24, 2.45) is 11.8 Å². The molecule has 2 aromatic rings. The highest BCUT2D eigenvalue weighted by Crippen LogP contribution is 2.50. The molecular weight excluding hydrogens is 448 g/mol. The van der Waals surface area contributed by atoms with E-state index in [0.29, 0.717) is 5.56 Å². The summed E-state index contributed by atoms with van der Waals surface area (Å²) in [5, 5.41) is 11.7. The molecule has 2 aromatic carbocycles. The van der Waals surface area contributed by atoms with Gasteiger partial charge in [-0.1, -0.05) is 60.7 Å². The zero-order valence-corrected chi connectivity index (χ0v) is 20.4. The summed E-state index contributed by atoms with van der Waals surface area (Å²) in [5.41, 5.74) is -0.384. The van der Waals surface area contributed by atoms with Crippen LogP contribution < -0.4 is 0 Å². The summed E-state index contributed by atoms with van der Waals surface area (Å²) in [4.78, 5) is 13.6. The number of aryl methyl sites for hydroxylation is 1. The molecule has 188 valence electrons. The standard InChI is InChI=1S/C29H36F2NO3/c1-32(18-8-11-21-9-4-2-5-10-21)20-22-14-15-25(32)26(22)35-27(33)29(34,23-12-6-3-7-13-23)24-16-17-28(30,31)19-24/h2-7,9-10,12-13,22,24-26,34H,8,11,14-20H2,1H3/q+1/t22?,24-,25-,26?,29+,32?/m1/s1. The maximum atomic E-state index is 14.1. The fraction of sp³-hybridized carbons (Fsp3) is 0.552. The van der Waals surface area contributed by atoms with Crippen LogP contribution in [-0.2, 0) is 21.6 Å². The number of halogens is 2. The molecule has 35 heavy (non-hydrogen) atoms. The average Bonchev–Trinajstić information content (AvgIpc) is 3.50. The molecule has 2 bridgehead atoms. The normalized spacial score (nSPS) is 32.9. The molecule has 6 atom stereocenters. The summed E-state index contributed by atoms with van der Waals surface area (Å²) in [7, 11) is 2.25. The molecule has 5 rings (SSSR count). The number of nitrogens with zero attached hydrogens (tertiary/aromatic N) is 1. The van der Waals surface area contributed by atoms with Gasteiger partial charge in [0, 0.05) is 31.6 Å². The fourth-order valence-corrected chi connectivity index (χ4v) is 7.01. The minimum atomic E-state index is -2.87.